The Labute approximate surface area is 236 Å². The zero-order valence-corrected chi connectivity index (χ0v) is 23.2. The Bertz CT molecular complexity index is 1600. The zero-order valence-electron chi connectivity index (χ0n) is 23.2. The van der Waals surface area contributed by atoms with Gasteiger partial charge in [0.1, 0.15) is 11.4 Å². The van der Waals surface area contributed by atoms with Crippen molar-refractivity contribution in [2.45, 2.75) is 51.6 Å². The van der Waals surface area contributed by atoms with Gasteiger partial charge < -0.3 is 15.5 Å². The summed E-state index contributed by atoms with van der Waals surface area (Å²) in [6.07, 6.45) is 7.64. The third kappa shape index (κ3) is 5.83. The van der Waals surface area contributed by atoms with Crippen LogP contribution in [0, 0.1) is 19.7 Å². The molecule has 12 nitrogen and oxygen atoms in total. The van der Waals surface area contributed by atoms with Crippen molar-refractivity contribution < 1.29 is 14.0 Å². The van der Waals surface area contributed by atoms with Gasteiger partial charge in [0.2, 0.25) is 12.3 Å². The van der Waals surface area contributed by atoms with Gasteiger partial charge in [-0.3, -0.25) is 14.7 Å². The molecule has 1 aliphatic rings. The van der Waals surface area contributed by atoms with Gasteiger partial charge in [0, 0.05) is 36.8 Å². The lowest BCUT2D eigenvalue weighted by molar-refractivity contribution is -0.141. The zero-order chi connectivity index (χ0) is 29.1. The predicted molar refractivity (Wildman–Crippen MR) is 150 cm³/mol. The van der Waals surface area contributed by atoms with Gasteiger partial charge in [-0.25, -0.2) is 24.0 Å². The van der Waals surface area contributed by atoms with Gasteiger partial charge in [0.05, 0.1) is 18.4 Å². The molecule has 13 heteroatoms. The summed E-state index contributed by atoms with van der Waals surface area (Å²) in [7, 11) is 1.70. The van der Waals surface area contributed by atoms with Crippen molar-refractivity contribution in [1.29, 1.82) is 0 Å². The summed E-state index contributed by atoms with van der Waals surface area (Å²) in [4.78, 5) is 40.7. The Kier molecular flexibility index (Phi) is 7.60. The second kappa shape index (κ2) is 11.3. The predicted octanol–water partition coefficient (Wildman–Crippen LogP) is 3.55. The first kappa shape index (κ1) is 27.6. The molecule has 4 aromatic rings. The van der Waals surface area contributed by atoms with Crippen molar-refractivity contribution in [3.8, 4) is 5.82 Å². The SMILES string of the molecule is Cc1cc(Nc2cc(C)[nH]n2)nc(C2=CCC(NC=O)(C(=O)N(C)C(C)c3ccc(-n4cc(F)cn4)nc3)CC2)n1. The first-order valence-corrected chi connectivity index (χ1v) is 13.2. The summed E-state index contributed by atoms with van der Waals surface area (Å²) in [5.74, 6) is 1.62. The van der Waals surface area contributed by atoms with E-state index in [1.807, 2.05) is 45.0 Å². The Morgan fingerprint density at radius 2 is 2.05 bits per heavy atom. The van der Waals surface area contributed by atoms with E-state index >= 15 is 0 Å². The number of aryl methyl sites for hydroxylation is 2. The number of halogens is 1. The summed E-state index contributed by atoms with van der Waals surface area (Å²) in [5, 5.41) is 17.0. The number of pyridine rings is 1. The van der Waals surface area contributed by atoms with E-state index in [0.29, 0.717) is 42.5 Å². The maximum Gasteiger partial charge on any atom is 0.248 e. The maximum absolute atomic E-state index is 13.8. The van der Waals surface area contributed by atoms with Crippen LogP contribution in [0.3, 0.4) is 0 Å². The van der Waals surface area contributed by atoms with E-state index in [9.17, 15) is 14.0 Å². The molecular formula is C28H31FN10O2. The second-order valence-corrected chi connectivity index (χ2v) is 10.2. The molecule has 5 rings (SSSR count). The van der Waals surface area contributed by atoms with Crippen molar-refractivity contribution in [2.24, 2.45) is 0 Å². The fraction of sp³-hybridized carbons (Fsp3) is 0.321. The highest BCUT2D eigenvalue weighted by Gasteiger charge is 2.42. The van der Waals surface area contributed by atoms with Crippen molar-refractivity contribution in [2.75, 3.05) is 12.4 Å². The van der Waals surface area contributed by atoms with Gasteiger partial charge in [-0.15, -0.1) is 0 Å². The number of rotatable bonds is 9. The molecule has 3 N–H and O–H groups in total. The molecule has 2 amide bonds. The first-order valence-electron chi connectivity index (χ1n) is 13.2. The van der Waals surface area contributed by atoms with Crippen LogP contribution in [0.2, 0.25) is 0 Å². The van der Waals surface area contributed by atoms with E-state index in [1.54, 1.807) is 24.2 Å². The van der Waals surface area contributed by atoms with Gasteiger partial charge in [-0.05, 0) is 57.2 Å². The number of nitrogens with zero attached hydrogens (tertiary/aromatic N) is 7. The quantitative estimate of drug-likeness (QED) is 0.264. The van der Waals surface area contributed by atoms with Gasteiger partial charge in [0.15, 0.2) is 23.3 Å². The molecule has 4 heterocycles. The van der Waals surface area contributed by atoms with E-state index in [4.69, 9.17) is 0 Å². The minimum Gasteiger partial charge on any atom is -0.344 e. The molecular weight excluding hydrogens is 527 g/mol. The van der Waals surface area contributed by atoms with Gasteiger partial charge in [-0.2, -0.15) is 10.2 Å². The van der Waals surface area contributed by atoms with E-state index in [0.717, 1.165) is 28.7 Å². The molecule has 0 bridgehead atoms. The average molecular weight is 559 g/mol. The van der Waals surface area contributed by atoms with Crippen LogP contribution in [-0.4, -0.2) is 64.7 Å². The van der Waals surface area contributed by atoms with Crippen LogP contribution >= 0.6 is 0 Å². The van der Waals surface area contributed by atoms with E-state index < -0.39 is 11.4 Å². The lowest BCUT2D eigenvalue weighted by atomic mass is 9.80. The van der Waals surface area contributed by atoms with Crippen LogP contribution in [0.15, 0.2) is 48.9 Å². The van der Waals surface area contributed by atoms with Gasteiger partial charge >= 0.3 is 0 Å². The summed E-state index contributed by atoms with van der Waals surface area (Å²) < 4.78 is 14.7. The number of anilines is 2. The molecule has 0 saturated heterocycles. The average Bonchev–Trinajstić information content (AvgIpc) is 3.59. The largest absolute Gasteiger partial charge is 0.344 e. The van der Waals surface area contributed by atoms with Crippen molar-refractivity contribution >= 4 is 29.5 Å². The summed E-state index contributed by atoms with van der Waals surface area (Å²) in [6.45, 7) is 5.69. The third-order valence-corrected chi connectivity index (χ3v) is 7.31. The number of carbonyl (C=O) groups is 2. The topological polar surface area (TPSA) is 147 Å². The lowest BCUT2D eigenvalue weighted by Crippen LogP contribution is -2.57. The van der Waals surface area contributed by atoms with Crippen LogP contribution in [-0.2, 0) is 9.59 Å². The Morgan fingerprint density at radius 3 is 2.66 bits per heavy atom. The Balaban J connectivity index is 1.32. The number of amides is 2. The molecule has 2 unspecified atom stereocenters. The normalized spacial score (nSPS) is 17.4. The molecule has 212 valence electrons. The minimum atomic E-state index is -1.11. The molecule has 0 radical (unpaired) electrons. The number of aromatic nitrogens is 7. The highest BCUT2D eigenvalue weighted by Crippen LogP contribution is 2.35. The smallest absolute Gasteiger partial charge is 0.248 e. The summed E-state index contributed by atoms with van der Waals surface area (Å²) in [5.41, 5.74) is 2.29. The first-order chi connectivity index (χ1) is 19.7. The molecule has 0 saturated carbocycles. The monoisotopic (exact) mass is 558 g/mol. The van der Waals surface area contributed by atoms with E-state index in [2.05, 4.69) is 40.9 Å². The number of hydrogen-bond acceptors (Lipinski definition) is 8. The third-order valence-electron chi connectivity index (χ3n) is 7.31. The Hall–Kier alpha value is -4.94. The Morgan fingerprint density at radius 1 is 1.22 bits per heavy atom. The van der Waals surface area contributed by atoms with Crippen molar-refractivity contribution in [1.82, 2.24) is 45.1 Å². The molecule has 1 aliphatic carbocycles. The number of allylic oxidation sites excluding steroid dienone is 1. The molecule has 0 spiro atoms. The standard InChI is InChI=1S/C28H31FN10O2/c1-17-11-23(34-24-12-18(2)36-37-24)35-26(33-17)20-7-9-28(10-8-20,31-16-40)27(41)38(4)19(3)21-5-6-25(30-13-21)39-15-22(29)14-32-39/h5-7,11-16,19H,8-10H2,1-4H3,(H,31,40)(H2,33,34,35,36,37). The summed E-state index contributed by atoms with van der Waals surface area (Å²) in [6, 6.07) is 6.91. The number of carbonyl (C=O) groups excluding carboxylic acids is 2. The van der Waals surface area contributed by atoms with E-state index in [1.165, 1.54) is 10.9 Å². The van der Waals surface area contributed by atoms with Gasteiger partial charge in [0.25, 0.3) is 0 Å². The van der Waals surface area contributed by atoms with Crippen molar-refractivity contribution in [3.05, 3.63) is 77.5 Å². The van der Waals surface area contributed by atoms with Crippen LogP contribution < -0.4 is 10.6 Å². The number of H-pyrrole nitrogens is 1. The van der Waals surface area contributed by atoms with Crippen LogP contribution in [0.25, 0.3) is 11.4 Å². The second-order valence-electron chi connectivity index (χ2n) is 10.2. The fourth-order valence-corrected chi connectivity index (χ4v) is 4.89. The highest BCUT2D eigenvalue weighted by atomic mass is 19.1. The van der Waals surface area contributed by atoms with Crippen LogP contribution in [0.5, 0.6) is 0 Å². The fourth-order valence-electron chi connectivity index (χ4n) is 4.89. The summed E-state index contributed by atoms with van der Waals surface area (Å²) >= 11 is 0. The molecule has 0 fully saturated rings. The van der Waals surface area contributed by atoms with Crippen LogP contribution in [0.4, 0.5) is 16.0 Å². The highest BCUT2D eigenvalue weighted by molar-refractivity contribution is 5.90. The molecule has 2 atom stereocenters. The number of nitrogens with one attached hydrogen (secondary N) is 3. The van der Waals surface area contributed by atoms with E-state index in [-0.39, 0.29) is 18.4 Å². The maximum atomic E-state index is 13.8. The lowest BCUT2D eigenvalue weighted by Gasteiger charge is -2.39. The molecule has 0 aromatic carbocycles. The number of likely N-dealkylation sites (N-methyl/N-ethyl adjacent to an activating group) is 1. The van der Waals surface area contributed by atoms with Crippen molar-refractivity contribution in [3.63, 3.8) is 0 Å². The molecule has 0 aliphatic heterocycles. The van der Waals surface area contributed by atoms with Gasteiger partial charge in [-0.1, -0.05) is 12.1 Å². The minimum absolute atomic E-state index is 0.216. The van der Waals surface area contributed by atoms with Crippen LogP contribution in [0.1, 0.15) is 55.0 Å². The molecule has 41 heavy (non-hydrogen) atoms. The number of hydrogen-bond donors (Lipinski definition) is 3. The number of aromatic amines is 1. The molecule has 4 aromatic heterocycles.